The second-order valence-corrected chi connectivity index (χ2v) is 6.88. The lowest BCUT2D eigenvalue weighted by Gasteiger charge is -2.39. The van der Waals surface area contributed by atoms with E-state index < -0.39 is 11.4 Å². The zero-order valence-electron chi connectivity index (χ0n) is 13.1. The Hall–Kier alpha value is -0.750. The van der Waals surface area contributed by atoms with Crippen molar-refractivity contribution in [3.8, 4) is 0 Å². The van der Waals surface area contributed by atoms with Gasteiger partial charge in [-0.1, -0.05) is 13.3 Å². The molecule has 0 aromatic carbocycles. The fraction of sp³-hybridized carbons (Fsp3) is 0.867. The summed E-state index contributed by atoms with van der Waals surface area (Å²) in [4.78, 5) is 25.5. The third-order valence-corrected chi connectivity index (χ3v) is 4.98. The van der Waals surface area contributed by atoms with E-state index in [0.29, 0.717) is 19.4 Å². The summed E-state index contributed by atoms with van der Waals surface area (Å²) in [6.07, 6.45) is 4.15. The zero-order valence-corrected chi connectivity index (χ0v) is 13.9. The van der Waals surface area contributed by atoms with Gasteiger partial charge in [0.15, 0.2) is 0 Å². The highest BCUT2D eigenvalue weighted by Gasteiger charge is 2.43. The Kier molecular flexibility index (Phi) is 8.11. The van der Waals surface area contributed by atoms with Crippen molar-refractivity contribution in [1.29, 1.82) is 0 Å². The number of carbonyl (C=O) groups is 2. The molecule has 1 fully saturated rings. The number of unbranched alkanes of at least 4 members (excludes halogenated alkanes) is 1. The Bertz CT molecular complexity index is 347. The number of likely N-dealkylation sites (tertiary alicyclic amines) is 1. The van der Waals surface area contributed by atoms with E-state index in [2.05, 4.69) is 6.92 Å². The van der Waals surface area contributed by atoms with E-state index in [9.17, 15) is 14.7 Å². The van der Waals surface area contributed by atoms with Crippen molar-refractivity contribution in [3.63, 3.8) is 0 Å². The fourth-order valence-corrected chi connectivity index (χ4v) is 3.66. The molecule has 1 heterocycles. The minimum absolute atomic E-state index is 0.0698. The number of carboxylic acids is 1. The van der Waals surface area contributed by atoms with Crippen LogP contribution in [0, 0.1) is 5.41 Å². The summed E-state index contributed by atoms with van der Waals surface area (Å²) in [5, 5.41) is 9.47. The van der Waals surface area contributed by atoms with Crippen LogP contribution in [0.25, 0.3) is 0 Å². The summed E-state index contributed by atoms with van der Waals surface area (Å²) in [5.41, 5.74) is -0.933. The van der Waals surface area contributed by atoms with Crippen LogP contribution < -0.4 is 0 Å². The van der Waals surface area contributed by atoms with Gasteiger partial charge in [0.1, 0.15) is 5.41 Å². The number of methoxy groups -OCH3 is 1. The van der Waals surface area contributed by atoms with E-state index in [0.717, 1.165) is 17.9 Å². The number of ether oxygens (including phenoxy) is 1. The number of hydrogen-bond acceptors (Lipinski definition) is 4. The molecular formula is C15H27NO4S. The molecule has 0 aromatic rings. The van der Waals surface area contributed by atoms with E-state index in [1.165, 1.54) is 20.0 Å². The number of aliphatic carboxylic acids is 1. The molecular weight excluding hydrogens is 290 g/mol. The number of hydrogen-bond donors (Lipinski definition) is 1. The Morgan fingerprint density at radius 2 is 2.14 bits per heavy atom. The first-order chi connectivity index (χ1) is 10.1. The van der Waals surface area contributed by atoms with Gasteiger partial charge >= 0.3 is 5.97 Å². The van der Waals surface area contributed by atoms with Crippen LogP contribution in [-0.4, -0.2) is 60.2 Å². The normalized spacial score (nSPS) is 22.3. The number of carboxylic acid groups (broad SMARTS) is 1. The van der Waals surface area contributed by atoms with Crippen LogP contribution in [0.4, 0.5) is 0 Å². The van der Waals surface area contributed by atoms with Crippen molar-refractivity contribution < 1.29 is 19.4 Å². The maximum absolute atomic E-state index is 12.2. The molecule has 0 saturated carbocycles. The molecule has 0 aliphatic carbocycles. The zero-order chi connectivity index (χ0) is 15.7. The molecule has 0 spiro atoms. The summed E-state index contributed by atoms with van der Waals surface area (Å²) in [6.45, 7) is 3.25. The van der Waals surface area contributed by atoms with Crippen molar-refractivity contribution in [3.05, 3.63) is 0 Å². The number of rotatable bonds is 9. The third kappa shape index (κ3) is 5.51. The number of nitrogens with zero attached hydrogens (tertiary/aromatic N) is 1. The van der Waals surface area contributed by atoms with Crippen LogP contribution >= 0.6 is 11.8 Å². The SMILES string of the molecule is CCCCSCCC(=O)N1CCCC(COC)(C(=O)O)C1. The largest absolute Gasteiger partial charge is 0.481 e. The van der Waals surface area contributed by atoms with Gasteiger partial charge in [-0.25, -0.2) is 0 Å². The molecule has 6 heteroatoms. The van der Waals surface area contributed by atoms with Crippen LogP contribution in [0.2, 0.25) is 0 Å². The molecule has 1 amide bonds. The number of carbonyl (C=O) groups excluding carboxylic acids is 1. The lowest BCUT2D eigenvalue weighted by atomic mass is 9.80. The highest BCUT2D eigenvalue weighted by atomic mass is 32.2. The molecule has 21 heavy (non-hydrogen) atoms. The van der Waals surface area contributed by atoms with Crippen molar-refractivity contribution in [2.75, 3.05) is 38.3 Å². The van der Waals surface area contributed by atoms with Crippen LogP contribution in [0.15, 0.2) is 0 Å². The molecule has 5 nitrogen and oxygen atoms in total. The summed E-state index contributed by atoms with van der Waals surface area (Å²) >= 11 is 1.80. The molecule has 1 N–H and O–H groups in total. The van der Waals surface area contributed by atoms with Crippen LogP contribution in [0.1, 0.15) is 39.0 Å². The Balaban J connectivity index is 2.47. The maximum atomic E-state index is 12.2. The molecule has 1 rings (SSSR count). The lowest BCUT2D eigenvalue weighted by molar-refractivity contribution is -0.159. The van der Waals surface area contributed by atoms with E-state index >= 15 is 0 Å². The summed E-state index contributed by atoms with van der Waals surface area (Å²) in [7, 11) is 1.51. The second kappa shape index (κ2) is 9.30. The lowest BCUT2D eigenvalue weighted by Crippen LogP contribution is -2.52. The predicted molar refractivity (Wildman–Crippen MR) is 84.6 cm³/mol. The van der Waals surface area contributed by atoms with Gasteiger partial charge < -0.3 is 14.7 Å². The Morgan fingerprint density at radius 1 is 1.38 bits per heavy atom. The van der Waals surface area contributed by atoms with Gasteiger partial charge in [0, 0.05) is 32.4 Å². The molecule has 1 aliphatic heterocycles. The van der Waals surface area contributed by atoms with Crippen molar-refractivity contribution >= 4 is 23.6 Å². The monoisotopic (exact) mass is 317 g/mol. The molecule has 1 atom stereocenters. The van der Waals surface area contributed by atoms with Gasteiger partial charge in [-0.15, -0.1) is 0 Å². The minimum Gasteiger partial charge on any atom is -0.481 e. The van der Waals surface area contributed by atoms with Crippen LogP contribution in [0.5, 0.6) is 0 Å². The van der Waals surface area contributed by atoms with E-state index in [4.69, 9.17) is 4.74 Å². The van der Waals surface area contributed by atoms with Gasteiger partial charge in [0.25, 0.3) is 0 Å². The highest BCUT2D eigenvalue weighted by molar-refractivity contribution is 7.99. The van der Waals surface area contributed by atoms with Crippen molar-refractivity contribution in [2.24, 2.45) is 5.41 Å². The van der Waals surface area contributed by atoms with Gasteiger partial charge in [0.2, 0.25) is 5.91 Å². The van der Waals surface area contributed by atoms with Crippen LogP contribution in [-0.2, 0) is 14.3 Å². The first-order valence-corrected chi connectivity index (χ1v) is 8.79. The number of amides is 1. The number of piperidine rings is 1. The highest BCUT2D eigenvalue weighted by Crippen LogP contribution is 2.31. The minimum atomic E-state index is -0.933. The first kappa shape index (κ1) is 18.3. The smallest absolute Gasteiger partial charge is 0.313 e. The summed E-state index contributed by atoms with van der Waals surface area (Å²) < 4.78 is 5.08. The van der Waals surface area contributed by atoms with Gasteiger partial charge in [-0.05, 0) is 25.0 Å². The van der Waals surface area contributed by atoms with E-state index in [-0.39, 0.29) is 19.1 Å². The summed E-state index contributed by atoms with van der Waals surface area (Å²) in [5.74, 6) is 1.12. The van der Waals surface area contributed by atoms with Gasteiger partial charge in [-0.3, -0.25) is 9.59 Å². The van der Waals surface area contributed by atoms with Crippen molar-refractivity contribution in [1.82, 2.24) is 4.90 Å². The standard InChI is InChI=1S/C15H27NO4S/c1-3-4-9-21-10-6-13(17)16-8-5-7-15(11-16,12-20-2)14(18)19/h3-12H2,1-2H3,(H,18,19). The van der Waals surface area contributed by atoms with Gasteiger partial charge in [0.05, 0.1) is 6.61 Å². The molecule has 0 radical (unpaired) electrons. The third-order valence-electron chi connectivity index (χ3n) is 3.91. The average Bonchev–Trinajstić information content (AvgIpc) is 2.47. The van der Waals surface area contributed by atoms with Crippen molar-refractivity contribution in [2.45, 2.75) is 39.0 Å². The predicted octanol–water partition coefficient (Wildman–Crippen LogP) is 2.25. The first-order valence-electron chi connectivity index (χ1n) is 7.63. The maximum Gasteiger partial charge on any atom is 0.313 e. The summed E-state index contributed by atoms with van der Waals surface area (Å²) in [6, 6.07) is 0. The van der Waals surface area contributed by atoms with Crippen LogP contribution in [0.3, 0.4) is 0 Å². The number of thioether (sulfide) groups is 1. The Labute approximate surface area is 131 Å². The average molecular weight is 317 g/mol. The molecule has 1 saturated heterocycles. The van der Waals surface area contributed by atoms with Gasteiger partial charge in [-0.2, -0.15) is 11.8 Å². The quantitative estimate of drug-likeness (QED) is 0.661. The molecule has 1 unspecified atom stereocenters. The second-order valence-electron chi connectivity index (χ2n) is 5.65. The molecule has 0 aromatic heterocycles. The van der Waals surface area contributed by atoms with E-state index in [1.807, 2.05) is 0 Å². The molecule has 122 valence electrons. The molecule has 0 bridgehead atoms. The van der Waals surface area contributed by atoms with E-state index in [1.54, 1.807) is 16.7 Å². The topological polar surface area (TPSA) is 66.8 Å². The fourth-order valence-electron chi connectivity index (χ4n) is 2.64. The molecule has 1 aliphatic rings. The Morgan fingerprint density at radius 3 is 2.76 bits per heavy atom.